The molecular formula is C28H46N4O10. The Labute approximate surface area is 245 Å². The normalized spacial score (nSPS) is 32.8. The molecule has 14 nitrogen and oxygen atoms in total. The molecule has 238 valence electrons. The van der Waals surface area contributed by atoms with Crippen molar-refractivity contribution in [1.29, 1.82) is 5.26 Å². The number of ether oxygens (including phenoxy) is 2. The fourth-order valence-electron chi connectivity index (χ4n) is 7.98. The minimum Gasteiger partial charge on any atom is -0.465 e. The Bertz CT molecular complexity index is 965. The molecule has 2 amide bonds. The third kappa shape index (κ3) is 7.34. The quantitative estimate of drug-likeness (QED) is 0.102. The van der Waals surface area contributed by atoms with Gasteiger partial charge in [0.05, 0.1) is 49.7 Å². The summed E-state index contributed by atoms with van der Waals surface area (Å²) in [7, 11) is 0. The molecule has 5 aliphatic rings. The van der Waals surface area contributed by atoms with Crippen LogP contribution in [0.1, 0.15) is 51.4 Å². The number of nitrogens with zero attached hydrogens (tertiary/aromatic N) is 3. The summed E-state index contributed by atoms with van der Waals surface area (Å²) in [4.78, 5) is 28.5. The summed E-state index contributed by atoms with van der Waals surface area (Å²) >= 11 is 0. The van der Waals surface area contributed by atoms with Crippen LogP contribution in [0, 0.1) is 23.2 Å². The first-order chi connectivity index (χ1) is 20.0. The lowest BCUT2D eigenvalue weighted by Gasteiger charge is -2.63. The third-order valence-electron chi connectivity index (χ3n) is 9.53. The summed E-state index contributed by atoms with van der Waals surface area (Å²) in [5, 5.41) is 70.2. The number of nitriles is 1. The van der Waals surface area contributed by atoms with Crippen LogP contribution in [0.25, 0.3) is 0 Å². The summed E-state index contributed by atoms with van der Waals surface area (Å²) in [6, 6.07) is 1.66. The zero-order valence-corrected chi connectivity index (χ0v) is 24.0. The van der Waals surface area contributed by atoms with Gasteiger partial charge in [0.15, 0.2) is 0 Å². The highest BCUT2D eigenvalue weighted by atomic mass is 16.5. The Balaban J connectivity index is 1.23. The molecule has 1 aliphatic heterocycles. The molecule has 0 aromatic heterocycles. The summed E-state index contributed by atoms with van der Waals surface area (Å²) in [5.41, 5.74) is -1.13. The van der Waals surface area contributed by atoms with Gasteiger partial charge < -0.3 is 50.3 Å². The number of hydrogen-bond donors (Lipinski definition) is 7. The van der Waals surface area contributed by atoms with E-state index in [9.17, 15) is 40.4 Å². The lowest BCUT2D eigenvalue weighted by Crippen LogP contribution is -2.68. The summed E-state index contributed by atoms with van der Waals surface area (Å²) < 4.78 is 12.1. The minimum atomic E-state index is -1.67. The van der Waals surface area contributed by atoms with E-state index in [1.807, 2.05) is 0 Å². The number of aliphatic hydroxyl groups excluding tert-OH is 5. The topological polar surface area (TPSA) is 216 Å². The van der Waals surface area contributed by atoms with E-state index < -0.39 is 54.3 Å². The second-order valence-electron chi connectivity index (χ2n) is 12.6. The van der Waals surface area contributed by atoms with Crippen LogP contribution in [-0.2, 0) is 14.3 Å². The molecule has 5 rings (SSSR count). The van der Waals surface area contributed by atoms with E-state index in [0.717, 1.165) is 25.7 Å². The van der Waals surface area contributed by atoms with E-state index >= 15 is 0 Å². The lowest BCUT2D eigenvalue weighted by molar-refractivity contribution is -0.200. The molecule has 0 aromatic carbocycles. The fraction of sp³-hybridized carbons (Fsp3) is 0.893. The minimum absolute atomic E-state index is 0.0539. The molecule has 0 aromatic rings. The Kier molecular flexibility index (Phi) is 11.0. The largest absolute Gasteiger partial charge is 0.465 e. The van der Waals surface area contributed by atoms with E-state index in [0.29, 0.717) is 70.4 Å². The van der Waals surface area contributed by atoms with Crippen molar-refractivity contribution in [1.82, 2.24) is 15.1 Å². The predicted molar refractivity (Wildman–Crippen MR) is 146 cm³/mol. The second kappa shape index (κ2) is 14.1. The lowest BCUT2D eigenvalue weighted by atomic mass is 9.50. The molecule has 4 saturated carbocycles. The van der Waals surface area contributed by atoms with Crippen LogP contribution in [0.15, 0.2) is 0 Å². The van der Waals surface area contributed by atoms with Crippen molar-refractivity contribution in [2.45, 2.75) is 93.0 Å². The molecule has 4 aliphatic carbocycles. The molecule has 1 saturated heterocycles. The average molecular weight is 599 g/mol. The molecule has 7 N–H and O–H groups in total. The van der Waals surface area contributed by atoms with Crippen molar-refractivity contribution in [3.63, 3.8) is 0 Å². The van der Waals surface area contributed by atoms with Crippen LogP contribution in [-0.4, -0.2) is 147 Å². The van der Waals surface area contributed by atoms with Crippen molar-refractivity contribution in [2.24, 2.45) is 11.8 Å². The smallest absolute Gasteiger partial charge is 0.408 e. The van der Waals surface area contributed by atoms with Gasteiger partial charge in [-0.15, -0.1) is 0 Å². The van der Waals surface area contributed by atoms with Crippen LogP contribution in [0.4, 0.5) is 4.79 Å². The van der Waals surface area contributed by atoms with Gasteiger partial charge in [-0.25, -0.2) is 4.79 Å². The van der Waals surface area contributed by atoms with Crippen LogP contribution in [0.3, 0.4) is 0 Å². The van der Waals surface area contributed by atoms with Gasteiger partial charge in [-0.05, 0) is 63.2 Å². The molecule has 5 fully saturated rings. The van der Waals surface area contributed by atoms with Crippen LogP contribution < -0.4 is 5.32 Å². The molecule has 1 heterocycles. The molecule has 4 unspecified atom stereocenters. The third-order valence-corrected chi connectivity index (χ3v) is 9.53. The van der Waals surface area contributed by atoms with E-state index in [4.69, 9.17) is 14.6 Å². The number of aliphatic hydroxyl groups is 5. The highest BCUT2D eigenvalue weighted by Gasteiger charge is 2.61. The standard InChI is InChI=1S/C28H46N4O10/c29-13-20-2-1-4-31(20)23(36)15-32(26(39)40)27-9-18-8-19(10-27)12-28(11-18,17-27)42-7-6-41-5-3-30-14-21(34)24(37)25(38)22(35)16-33/h18-22,24-25,30,33-35,37-38H,1-12,14-17H2,(H,39,40)/t18-,19?,20?,21-,22+,24+,25+,27?,28?/m0/s1. The number of nitrogens with one attached hydrogen (secondary N) is 1. The monoisotopic (exact) mass is 598 g/mol. The van der Waals surface area contributed by atoms with Crippen LogP contribution >= 0.6 is 0 Å². The van der Waals surface area contributed by atoms with Gasteiger partial charge in [0.2, 0.25) is 5.91 Å². The molecule has 0 spiro atoms. The maximum absolute atomic E-state index is 13.1. The van der Waals surface area contributed by atoms with Crippen molar-refractivity contribution >= 4 is 12.0 Å². The Morgan fingerprint density at radius 2 is 1.74 bits per heavy atom. The van der Waals surface area contributed by atoms with Gasteiger partial charge in [0.25, 0.3) is 0 Å². The number of amides is 2. The van der Waals surface area contributed by atoms with Gasteiger partial charge in [0.1, 0.15) is 30.9 Å². The summed E-state index contributed by atoms with van der Waals surface area (Å²) in [6.45, 7) is 0.726. The summed E-state index contributed by atoms with van der Waals surface area (Å²) in [6.07, 6.45) is -1.23. The van der Waals surface area contributed by atoms with Crippen LogP contribution in [0.2, 0.25) is 0 Å². The number of hydrogen-bond acceptors (Lipinski definition) is 11. The molecule has 14 heteroatoms. The van der Waals surface area contributed by atoms with E-state index in [2.05, 4.69) is 11.4 Å². The van der Waals surface area contributed by atoms with E-state index in [-0.39, 0.29) is 19.0 Å². The highest BCUT2D eigenvalue weighted by Crippen LogP contribution is 2.60. The molecule has 9 atom stereocenters. The zero-order valence-electron chi connectivity index (χ0n) is 24.0. The number of carboxylic acid groups (broad SMARTS) is 1. The van der Waals surface area contributed by atoms with Gasteiger partial charge in [-0.1, -0.05) is 0 Å². The molecular weight excluding hydrogens is 552 g/mol. The number of carbonyl (C=O) groups excluding carboxylic acids is 1. The Morgan fingerprint density at radius 3 is 2.38 bits per heavy atom. The molecule has 4 bridgehead atoms. The van der Waals surface area contributed by atoms with Crippen LogP contribution in [0.5, 0.6) is 0 Å². The first-order valence-electron chi connectivity index (χ1n) is 15.0. The van der Waals surface area contributed by atoms with Crippen molar-refractivity contribution < 1.29 is 49.7 Å². The van der Waals surface area contributed by atoms with Gasteiger partial charge >= 0.3 is 6.09 Å². The van der Waals surface area contributed by atoms with Crippen molar-refractivity contribution in [3.05, 3.63) is 0 Å². The first-order valence-corrected chi connectivity index (χ1v) is 15.0. The average Bonchev–Trinajstić information content (AvgIpc) is 3.44. The van der Waals surface area contributed by atoms with Gasteiger partial charge in [-0.2, -0.15) is 5.26 Å². The van der Waals surface area contributed by atoms with Gasteiger partial charge in [0, 0.05) is 19.6 Å². The Hall–Kier alpha value is -2.09. The van der Waals surface area contributed by atoms with Gasteiger partial charge in [-0.3, -0.25) is 9.69 Å². The first kappa shape index (κ1) is 32.8. The molecule has 0 radical (unpaired) electrons. The Morgan fingerprint density at radius 1 is 1.05 bits per heavy atom. The number of rotatable bonds is 16. The maximum Gasteiger partial charge on any atom is 0.408 e. The van der Waals surface area contributed by atoms with E-state index in [1.54, 1.807) is 0 Å². The van der Waals surface area contributed by atoms with Crippen molar-refractivity contribution in [2.75, 3.05) is 52.6 Å². The molecule has 42 heavy (non-hydrogen) atoms. The zero-order chi connectivity index (χ0) is 30.5. The van der Waals surface area contributed by atoms with Crippen molar-refractivity contribution in [3.8, 4) is 6.07 Å². The fourth-order valence-corrected chi connectivity index (χ4v) is 7.98. The van der Waals surface area contributed by atoms with E-state index in [1.165, 1.54) is 9.80 Å². The number of carbonyl (C=O) groups is 2. The maximum atomic E-state index is 13.1. The SMILES string of the molecule is N#CC1CCCN1C(=O)CN(C(=O)O)C12CC3C[C@H](CC(OCCOCCNC[C@H](O)[C@@H](O)[C@H](O)[C@H](O)CO)(C3)C1)C2. The highest BCUT2D eigenvalue weighted by molar-refractivity contribution is 5.83. The second-order valence-corrected chi connectivity index (χ2v) is 12.6. The summed E-state index contributed by atoms with van der Waals surface area (Å²) in [5.74, 6) is 0.339. The predicted octanol–water partition coefficient (Wildman–Crippen LogP) is -1.37. The number of likely N-dealkylation sites (tertiary alicyclic amines) is 1.